The van der Waals surface area contributed by atoms with Crippen LogP contribution in [-0.4, -0.2) is 41.5 Å². The molecule has 0 aromatic carbocycles. The van der Waals surface area contributed by atoms with Gasteiger partial charge in [0.2, 0.25) is 10.1 Å². The van der Waals surface area contributed by atoms with Gasteiger partial charge in [-0.15, -0.1) is 0 Å². The van der Waals surface area contributed by atoms with Gasteiger partial charge in [0.1, 0.15) is 6.61 Å². The Hall–Kier alpha value is -0.760. The zero-order chi connectivity index (χ0) is 13.8. The van der Waals surface area contributed by atoms with Gasteiger partial charge in [0.15, 0.2) is 19.7 Å². The topological polar surface area (TPSA) is 89.5 Å². The summed E-state index contributed by atoms with van der Waals surface area (Å²) in [6.07, 6.45) is 0.724. The maximum absolute atomic E-state index is 12.1. The first-order chi connectivity index (χ1) is 8.35. The number of nitrogens with one attached hydrogen (secondary N) is 1. The van der Waals surface area contributed by atoms with Crippen LogP contribution in [0.3, 0.4) is 0 Å². The molecule has 106 valence electrons. The van der Waals surface area contributed by atoms with Crippen LogP contribution in [0.25, 0.3) is 0 Å². The summed E-state index contributed by atoms with van der Waals surface area (Å²) in [6, 6.07) is 0. The van der Waals surface area contributed by atoms with Crippen LogP contribution in [0.15, 0.2) is 10.1 Å². The standard InChI is InChI=1S/C10H19NO5S2/c1-3-7-17(12,13)10(9-11-5-6-16-9)18(14,15)8-4-2/h11H,3-8H2,1-2H3. The first-order valence-corrected chi connectivity index (χ1v) is 9.22. The normalized spacial score (nSPS) is 16.2. The van der Waals surface area contributed by atoms with Gasteiger partial charge in [0, 0.05) is 0 Å². The first-order valence-electron chi connectivity index (χ1n) is 5.91. The second-order valence-electron chi connectivity index (χ2n) is 4.03. The molecule has 0 spiro atoms. The van der Waals surface area contributed by atoms with Crippen molar-refractivity contribution >= 4 is 19.7 Å². The molecule has 0 radical (unpaired) electrons. The maximum Gasteiger partial charge on any atom is 0.218 e. The minimum absolute atomic E-state index is 0.114. The minimum Gasteiger partial charge on any atom is -0.476 e. The quantitative estimate of drug-likeness (QED) is 0.762. The summed E-state index contributed by atoms with van der Waals surface area (Å²) in [5.41, 5.74) is 0. The second kappa shape index (κ2) is 5.92. The van der Waals surface area contributed by atoms with E-state index in [1.54, 1.807) is 13.8 Å². The number of hydrogen-bond donors (Lipinski definition) is 1. The third-order valence-electron chi connectivity index (χ3n) is 2.33. The Labute approximate surface area is 108 Å². The minimum atomic E-state index is -3.83. The van der Waals surface area contributed by atoms with E-state index in [9.17, 15) is 16.8 Å². The number of hydrogen-bond acceptors (Lipinski definition) is 6. The van der Waals surface area contributed by atoms with Crippen molar-refractivity contribution in [1.29, 1.82) is 0 Å². The van der Waals surface area contributed by atoms with Gasteiger partial charge in [-0.05, 0) is 12.8 Å². The monoisotopic (exact) mass is 297 g/mol. The van der Waals surface area contributed by atoms with Crippen molar-refractivity contribution in [3.05, 3.63) is 10.1 Å². The Morgan fingerprint density at radius 1 is 1.11 bits per heavy atom. The largest absolute Gasteiger partial charge is 0.476 e. The smallest absolute Gasteiger partial charge is 0.218 e. The van der Waals surface area contributed by atoms with Crippen LogP contribution in [0.4, 0.5) is 0 Å². The molecular formula is C10H19NO5S2. The maximum atomic E-state index is 12.1. The molecule has 0 unspecified atom stereocenters. The predicted octanol–water partition coefficient (Wildman–Crippen LogP) is 0.382. The fraction of sp³-hybridized carbons (Fsp3) is 0.800. The van der Waals surface area contributed by atoms with E-state index in [4.69, 9.17) is 4.74 Å². The Kier molecular flexibility index (Phi) is 5.03. The Balaban J connectivity index is 3.33. The highest BCUT2D eigenvalue weighted by Crippen LogP contribution is 2.23. The third kappa shape index (κ3) is 3.38. The van der Waals surface area contributed by atoms with Crippen molar-refractivity contribution in [2.45, 2.75) is 26.7 Å². The lowest BCUT2D eigenvalue weighted by Gasteiger charge is -2.11. The van der Waals surface area contributed by atoms with E-state index < -0.39 is 23.9 Å². The zero-order valence-corrected chi connectivity index (χ0v) is 12.2. The molecule has 1 heterocycles. The van der Waals surface area contributed by atoms with Gasteiger partial charge in [-0.25, -0.2) is 16.8 Å². The number of sulfone groups is 2. The van der Waals surface area contributed by atoms with Gasteiger partial charge in [0.25, 0.3) is 0 Å². The van der Waals surface area contributed by atoms with Gasteiger partial charge < -0.3 is 10.1 Å². The van der Waals surface area contributed by atoms with Crippen molar-refractivity contribution in [3.8, 4) is 0 Å². The highest BCUT2D eigenvalue weighted by Gasteiger charge is 2.35. The van der Waals surface area contributed by atoms with Gasteiger partial charge in [-0.2, -0.15) is 0 Å². The molecule has 1 aliphatic heterocycles. The molecule has 0 aromatic heterocycles. The van der Waals surface area contributed by atoms with Crippen LogP contribution < -0.4 is 5.32 Å². The molecule has 0 atom stereocenters. The van der Waals surface area contributed by atoms with Crippen LogP contribution in [0.2, 0.25) is 0 Å². The Morgan fingerprint density at radius 2 is 1.61 bits per heavy atom. The molecule has 1 rings (SSSR count). The molecule has 0 aromatic rings. The molecule has 1 aliphatic rings. The van der Waals surface area contributed by atoms with Crippen molar-refractivity contribution in [2.24, 2.45) is 0 Å². The van der Waals surface area contributed by atoms with Crippen LogP contribution in [0.5, 0.6) is 0 Å². The Morgan fingerprint density at radius 3 is 1.94 bits per heavy atom. The summed E-state index contributed by atoms with van der Waals surface area (Å²) in [5.74, 6) is -0.503. The molecule has 18 heavy (non-hydrogen) atoms. The average Bonchev–Trinajstić information content (AvgIpc) is 2.69. The number of rotatable bonds is 6. The van der Waals surface area contributed by atoms with Crippen LogP contribution in [-0.2, 0) is 24.4 Å². The van der Waals surface area contributed by atoms with Crippen LogP contribution in [0, 0.1) is 0 Å². The molecule has 1 fully saturated rings. The van der Waals surface area contributed by atoms with Crippen LogP contribution in [0.1, 0.15) is 26.7 Å². The second-order valence-corrected chi connectivity index (χ2v) is 8.38. The molecule has 8 heteroatoms. The van der Waals surface area contributed by atoms with Gasteiger partial charge in [0.05, 0.1) is 18.1 Å². The van der Waals surface area contributed by atoms with Crippen molar-refractivity contribution in [1.82, 2.24) is 5.32 Å². The SMILES string of the molecule is CCCS(=O)(=O)C(=C1NCCO1)S(=O)(=O)CCC. The Bertz CT molecular complexity index is 472. The predicted molar refractivity (Wildman–Crippen MR) is 69.1 cm³/mol. The fourth-order valence-corrected chi connectivity index (χ4v) is 6.02. The van der Waals surface area contributed by atoms with Crippen molar-refractivity contribution < 1.29 is 21.6 Å². The van der Waals surface area contributed by atoms with E-state index in [1.165, 1.54) is 0 Å². The van der Waals surface area contributed by atoms with E-state index in [0.29, 0.717) is 19.4 Å². The van der Waals surface area contributed by atoms with Crippen molar-refractivity contribution in [2.75, 3.05) is 24.7 Å². The summed E-state index contributed by atoms with van der Waals surface area (Å²) >= 11 is 0. The molecular weight excluding hydrogens is 278 g/mol. The first kappa shape index (κ1) is 15.3. The summed E-state index contributed by atoms with van der Waals surface area (Å²) < 4.78 is 52.8. The molecule has 0 bridgehead atoms. The lowest BCUT2D eigenvalue weighted by atomic mass is 10.6. The summed E-state index contributed by atoms with van der Waals surface area (Å²) in [4.78, 5) is 0. The summed E-state index contributed by atoms with van der Waals surface area (Å²) in [7, 11) is -7.66. The van der Waals surface area contributed by atoms with Gasteiger partial charge in [-0.1, -0.05) is 13.8 Å². The molecule has 1 N–H and O–H groups in total. The molecule has 1 saturated heterocycles. The highest BCUT2D eigenvalue weighted by molar-refractivity contribution is 8.14. The third-order valence-corrected chi connectivity index (χ3v) is 7.25. The highest BCUT2D eigenvalue weighted by atomic mass is 32.3. The zero-order valence-electron chi connectivity index (χ0n) is 10.6. The van der Waals surface area contributed by atoms with E-state index >= 15 is 0 Å². The molecule has 6 nitrogen and oxygen atoms in total. The van der Waals surface area contributed by atoms with Gasteiger partial charge >= 0.3 is 0 Å². The lowest BCUT2D eigenvalue weighted by molar-refractivity contribution is 0.265. The molecule has 0 amide bonds. The van der Waals surface area contributed by atoms with E-state index in [0.717, 1.165) is 0 Å². The summed E-state index contributed by atoms with van der Waals surface area (Å²) in [6.45, 7) is 4.08. The van der Waals surface area contributed by atoms with Crippen LogP contribution >= 0.6 is 0 Å². The van der Waals surface area contributed by atoms with E-state index in [2.05, 4.69) is 5.32 Å². The average molecular weight is 297 g/mol. The lowest BCUT2D eigenvalue weighted by Crippen LogP contribution is -2.24. The summed E-state index contributed by atoms with van der Waals surface area (Å²) in [5, 5.41) is 2.68. The molecule has 0 aliphatic carbocycles. The molecule has 0 saturated carbocycles. The van der Waals surface area contributed by atoms with Crippen molar-refractivity contribution in [3.63, 3.8) is 0 Å². The number of ether oxygens (including phenoxy) is 1. The van der Waals surface area contributed by atoms with Gasteiger partial charge in [-0.3, -0.25) is 0 Å². The van der Waals surface area contributed by atoms with E-state index in [-0.39, 0.29) is 24.0 Å². The van der Waals surface area contributed by atoms with E-state index in [1.807, 2.05) is 0 Å². The fourth-order valence-electron chi connectivity index (χ4n) is 1.70.